The van der Waals surface area contributed by atoms with E-state index in [2.05, 4.69) is 36.5 Å². The molecule has 0 saturated carbocycles. The van der Waals surface area contributed by atoms with Gasteiger partial charge in [-0.1, -0.05) is 31.2 Å². The molecule has 1 aromatic carbocycles. The molecule has 1 saturated heterocycles. The standard InChI is InChI=1S/C14H18N2O2/c1-3-10-4-6-11(7-5-10)9-15-12-8-13(17)16(2)14(12)18/h4-7,12,15H,3,8-9H2,1-2H3. The summed E-state index contributed by atoms with van der Waals surface area (Å²) < 4.78 is 0. The number of likely N-dealkylation sites (N-methyl/N-ethyl adjacent to an activating group) is 1. The van der Waals surface area contributed by atoms with Crippen LogP contribution in [0.25, 0.3) is 0 Å². The Bertz CT molecular complexity index is 453. The summed E-state index contributed by atoms with van der Waals surface area (Å²) in [4.78, 5) is 24.2. The fraction of sp³-hybridized carbons (Fsp3) is 0.429. The van der Waals surface area contributed by atoms with Crippen molar-refractivity contribution in [2.75, 3.05) is 7.05 Å². The number of hydrogen-bond acceptors (Lipinski definition) is 3. The SMILES string of the molecule is CCc1ccc(CNC2CC(=O)N(C)C2=O)cc1. The highest BCUT2D eigenvalue weighted by Crippen LogP contribution is 2.12. The first-order valence-corrected chi connectivity index (χ1v) is 6.23. The maximum atomic E-state index is 11.7. The summed E-state index contributed by atoms with van der Waals surface area (Å²) in [6.45, 7) is 2.73. The summed E-state index contributed by atoms with van der Waals surface area (Å²) >= 11 is 0. The van der Waals surface area contributed by atoms with Gasteiger partial charge in [0.15, 0.2) is 0 Å². The van der Waals surface area contributed by atoms with E-state index in [4.69, 9.17) is 0 Å². The molecule has 1 fully saturated rings. The van der Waals surface area contributed by atoms with Gasteiger partial charge in [0.2, 0.25) is 11.8 Å². The lowest BCUT2D eigenvalue weighted by Crippen LogP contribution is -2.36. The third-order valence-corrected chi connectivity index (χ3v) is 3.37. The van der Waals surface area contributed by atoms with Crippen LogP contribution >= 0.6 is 0 Å². The number of imide groups is 1. The van der Waals surface area contributed by atoms with Crippen molar-refractivity contribution in [3.05, 3.63) is 35.4 Å². The first-order valence-electron chi connectivity index (χ1n) is 6.23. The van der Waals surface area contributed by atoms with E-state index in [0.717, 1.165) is 12.0 Å². The van der Waals surface area contributed by atoms with Crippen LogP contribution in [0.3, 0.4) is 0 Å². The molecule has 0 radical (unpaired) electrons. The highest BCUT2D eigenvalue weighted by atomic mass is 16.2. The van der Waals surface area contributed by atoms with Crippen molar-refractivity contribution in [2.45, 2.75) is 32.4 Å². The number of carbonyl (C=O) groups is 2. The van der Waals surface area contributed by atoms with Crippen LogP contribution < -0.4 is 5.32 Å². The molecule has 1 heterocycles. The molecule has 1 atom stereocenters. The average molecular weight is 246 g/mol. The van der Waals surface area contributed by atoms with Crippen LogP contribution in [0.15, 0.2) is 24.3 Å². The van der Waals surface area contributed by atoms with Gasteiger partial charge in [0.05, 0.1) is 12.5 Å². The number of amides is 2. The van der Waals surface area contributed by atoms with Crippen molar-refractivity contribution in [3.63, 3.8) is 0 Å². The molecular formula is C14H18N2O2. The predicted octanol–water partition coefficient (Wildman–Crippen LogP) is 1.10. The summed E-state index contributed by atoms with van der Waals surface area (Å²) in [6, 6.07) is 7.91. The predicted molar refractivity (Wildman–Crippen MR) is 68.8 cm³/mol. The van der Waals surface area contributed by atoms with E-state index in [0.29, 0.717) is 6.54 Å². The van der Waals surface area contributed by atoms with Crippen molar-refractivity contribution in [3.8, 4) is 0 Å². The molecule has 0 bridgehead atoms. The van der Waals surface area contributed by atoms with Crippen molar-refractivity contribution in [1.82, 2.24) is 10.2 Å². The van der Waals surface area contributed by atoms with Crippen molar-refractivity contribution in [1.29, 1.82) is 0 Å². The molecule has 4 heteroatoms. The first kappa shape index (κ1) is 12.8. The van der Waals surface area contributed by atoms with Gasteiger partial charge in [0.1, 0.15) is 0 Å². The third-order valence-electron chi connectivity index (χ3n) is 3.37. The largest absolute Gasteiger partial charge is 0.301 e. The Labute approximate surface area is 107 Å². The zero-order chi connectivity index (χ0) is 13.1. The summed E-state index contributed by atoms with van der Waals surface area (Å²) in [7, 11) is 1.53. The van der Waals surface area contributed by atoms with Gasteiger partial charge in [-0.15, -0.1) is 0 Å². The average Bonchev–Trinajstić information content (AvgIpc) is 2.64. The van der Waals surface area contributed by atoms with Crippen LogP contribution in [0, 0.1) is 0 Å². The maximum absolute atomic E-state index is 11.7. The minimum absolute atomic E-state index is 0.112. The summed E-state index contributed by atoms with van der Waals surface area (Å²) in [5.41, 5.74) is 2.42. The van der Waals surface area contributed by atoms with Crippen LogP contribution in [0.1, 0.15) is 24.5 Å². The zero-order valence-electron chi connectivity index (χ0n) is 10.8. The number of hydrogen-bond donors (Lipinski definition) is 1. The van der Waals surface area contributed by atoms with E-state index in [9.17, 15) is 9.59 Å². The minimum Gasteiger partial charge on any atom is -0.301 e. The van der Waals surface area contributed by atoms with Crippen LogP contribution in [0.4, 0.5) is 0 Å². The van der Waals surface area contributed by atoms with Gasteiger partial charge in [0.25, 0.3) is 0 Å². The van der Waals surface area contributed by atoms with Crippen molar-refractivity contribution < 1.29 is 9.59 Å². The molecule has 1 aliphatic heterocycles. The molecule has 1 unspecified atom stereocenters. The second-order valence-corrected chi connectivity index (χ2v) is 4.60. The molecular weight excluding hydrogens is 228 g/mol. The number of benzene rings is 1. The highest BCUT2D eigenvalue weighted by Gasteiger charge is 2.35. The Kier molecular flexibility index (Phi) is 3.77. The van der Waals surface area contributed by atoms with Crippen LogP contribution in [-0.4, -0.2) is 29.8 Å². The van der Waals surface area contributed by atoms with E-state index in [1.165, 1.54) is 17.5 Å². The number of carbonyl (C=O) groups excluding carboxylic acids is 2. The molecule has 18 heavy (non-hydrogen) atoms. The fourth-order valence-corrected chi connectivity index (χ4v) is 2.05. The number of rotatable bonds is 4. The molecule has 0 aromatic heterocycles. The lowest BCUT2D eigenvalue weighted by molar-refractivity contribution is -0.137. The Balaban J connectivity index is 1.91. The first-order chi connectivity index (χ1) is 8.61. The van der Waals surface area contributed by atoms with E-state index in [-0.39, 0.29) is 24.3 Å². The zero-order valence-corrected chi connectivity index (χ0v) is 10.8. The second kappa shape index (κ2) is 5.31. The van der Waals surface area contributed by atoms with Gasteiger partial charge in [-0.05, 0) is 17.5 Å². The topological polar surface area (TPSA) is 49.4 Å². The molecule has 2 amide bonds. The molecule has 4 nitrogen and oxygen atoms in total. The number of likely N-dealkylation sites (tertiary alicyclic amines) is 1. The quantitative estimate of drug-likeness (QED) is 0.809. The van der Waals surface area contributed by atoms with Gasteiger partial charge in [0, 0.05) is 13.6 Å². The molecule has 1 aromatic rings. The lowest BCUT2D eigenvalue weighted by Gasteiger charge is -2.11. The van der Waals surface area contributed by atoms with Gasteiger partial charge in [-0.2, -0.15) is 0 Å². The normalized spacial score (nSPS) is 19.7. The smallest absolute Gasteiger partial charge is 0.246 e. The Morgan fingerprint density at radius 3 is 2.33 bits per heavy atom. The molecule has 0 aliphatic carbocycles. The van der Waals surface area contributed by atoms with Gasteiger partial charge in [-0.3, -0.25) is 14.5 Å². The van der Waals surface area contributed by atoms with E-state index in [1.54, 1.807) is 0 Å². The van der Waals surface area contributed by atoms with Gasteiger partial charge < -0.3 is 5.32 Å². The Hall–Kier alpha value is -1.68. The molecule has 1 aliphatic rings. The van der Waals surface area contributed by atoms with Crippen LogP contribution in [0.5, 0.6) is 0 Å². The van der Waals surface area contributed by atoms with E-state index in [1.807, 2.05) is 0 Å². The monoisotopic (exact) mass is 246 g/mol. The highest BCUT2D eigenvalue weighted by molar-refractivity contribution is 6.05. The third kappa shape index (κ3) is 2.59. The number of nitrogens with one attached hydrogen (secondary N) is 1. The summed E-state index contributed by atoms with van der Waals surface area (Å²) in [5.74, 6) is -0.246. The van der Waals surface area contributed by atoms with E-state index < -0.39 is 0 Å². The summed E-state index contributed by atoms with van der Waals surface area (Å²) in [5, 5.41) is 3.13. The molecule has 2 rings (SSSR count). The maximum Gasteiger partial charge on any atom is 0.246 e. The Morgan fingerprint density at radius 2 is 1.83 bits per heavy atom. The van der Waals surface area contributed by atoms with Crippen LogP contribution in [0.2, 0.25) is 0 Å². The molecule has 0 spiro atoms. The molecule has 96 valence electrons. The number of aryl methyl sites for hydroxylation is 1. The second-order valence-electron chi connectivity index (χ2n) is 4.60. The van der Waals surface area contributed by atoms with Crippen molar-refractivity contribution >= 4 is 11.8 Å². The molecule has 1 N–H and O–H groups in total. The van der Waals surface area contributed by atoms with Crippen LogP contribution in [-0.2, 0) is 22.6 Å². The van der Waals surface area contributed by atoms with Gasteiger partial charge in [-0.25, -0.2) is 0 Å². The minimum atomic E-state index is -0.367. The number of nitrogens with zero attached hydrogens (tertiary/aromatic N) is 1. The fourth-order valence-electron chi connectivity index (χ4n) is 2.05. The van der Waals surface area contributed by atoms with Gasteiger partial charge >= 0.3 is 0 Å². The summed E-state index contributed by atoms with van der Waals surface area (Å²) in [6.07, 6.45) is 1.29. The lowest BCUT2D eigenvalue weighted by atomic mass is 10.1. The Morgan fingerprint density at radius 1 is 1.22 bits per heavy atom. The van der Waals surface area contributed by atoms with E-state index >= 15 is 0 Å². The van der Waals surface area contributed by atoms with Crippen molar-refractivity contribution in [2.24, 2.45) is 0 Å².